The Morgan fingerprint density at radius 1 is 1.00 bits per heavy atom. The topological polar surface area (TPSA) is 62.5 Å². The van der Waals surface area contributed by atoms with Crippen molar-refractivity contribution in [2.75, 3.05) is 0 Å². The molecule has 0 radical (unpaired) electrons. The molecule has 0 aliphatic heterocycles. The Labute approximate surface area is 102 Å². The first-order valence-electron chi connectivity index (χ1n) is 5.53. The van der Waals surface area contributed by atoms with Gasteiger partial charge in [-0.05, 0) is 24.3 Å². The van der Waals surface area contributed by atoms with Gasteiger partial charge in [-0.15, -0.1) is 0 Å². The molecule has 0 aliphatic carbocycles. The van der Waals surface area contributed by atoms with Crippen molar-refractivity contribution in [3.05, 3.63) is 46.6 Å². The molecular formula is C14H11NO3. The number of aromatic nitrogens is 1. The summed E-state index contributed by atoms with van der Waals surface area (Å²) in [6, 6.07) is 9.69. The van der Waals surface area contributed by atoms with Crippen LogP contribution in [0.5, 0.6) is 11.5 Å². The average Bonchev–Trinajstić information content (AvgIpc) is 2.35. The maximum Gasteiger partial charge on any atom is 0.201 e. The van der Waals surface area contributed by atoms with Crippen molar-refractivity contribution in [1.29, 1.82) is 0 Å². The first kappa shape index (κ1) is 10.7. The zero-order chi connectivity index (χ0) is 12.9. The van der Waals surface area contributed by atoms with E-state index in [0.717, 1.165) is 0 Å². The van der Waals surface area contributed by atoms with E-state index < -0.39 is 0 Å². The van der Waals surface area contributed by atoms with Crippen molar-refractivity contribution in [2.24, 2.45) is 7.05 Å². The smallest absolute Gasteiger partial charge is 0.201 e. The van der Waals surface area contributed by atoms with Crippen LogP contribution in [-0.4, -0.2) is 14.8 Å². The maximum absolute atomic E-state index is 12.3. The molecular weight excluding hydrogens is 230 g/mol. The molecule has 0 aliphatic rings. The number of aryl methyl sites for hydroxylation is 1. The number of nitrogens with zero attached hydrogens (tertiary/aromatic N) is 1. The van der Waals surface area contributed by atoms with E-state index in [1.807, 2.05) is 0 Å². The fourth-order valence-electron chi connectivity index (χ4n) is 2.36. The normalized spacial score (nSPS) is 11.2. The second kappa shape index (κ2) is 3.50. The van der Waals surface area contributed by atoms with Crippen LogP contribution in [0.4, 0.5) is 0 Å². The van der Waals surface area contributed by atoms with Crippen LogP contribution in [0.25, 0.3) is 21.8 Å². The Bertz CT molecular complexity index is 834. The third kappa shape index (κ3) is 1.23. The Kier molecular flexibility index (Phi) is 2.07. The van der Waals surface area contributed by atoms with Crippen molar-refractivity contribution in [3.63, 3.8) is 0 Å². The van der Waals surface area contributed by atoms with Gasteiger partial charge in [0.15, 0.2) is 0 Å². The highest BCUT2D eigenvalue weighted by atomic mass is 16.3. The standard InChI is InChI=1S/C14H11NO3/c1-15-9-5-3-6-10(16)12(9)14(18)8-4-2-7-11(17)13(8)15/h2-7,16-17H,1H3. The molecule has 0 bridgehead atoms. The van der Waals surface area contributed by atoms with Crippen molar-refractivity contribution in [3.8, 4) is 11.5 Å². The highest BCUT2D eigenvalue weighted by Crippen LogP contribution is 2.28. The van der Waals surface area contributed by atoms with Crippen LogP contribution >= 0.6 is 0 Å². The minimum absolute atomic E-state index is 0.0432. The zero-order valence-corrected chi connectivity index (χ0v) is 9.71. The molecule has 2 aromatic carbocycles. The number of aromatic hydroxyl groups is 2. The summed E-state index contributed by atoms with van der Waals surface area (Å²) in [6.45, 7) is 0. The van der Waals surface area contributed by atoms with Crippen LogP contribution in [0.15, 0.2) is 41.2 Å². The molecule has 2 N–H and O–H groups in total. The lowest BCUT2D eigenvalue weighted by Crippen LogP contribution is -2.09. The number of para-hydroxylation sites is 1. The Hall–Kier alpha value is -2.49. The molecule has 1 heterocycles. The van der Waals surface area contributed by atoms with Gasteiger partial charge in [0, 0.05) is 7.05 Å². The fraction of sp³-hybridized carbons (Fsp3) is 0.0714. The van der Waals surface area contributed by atoms with Gasteiger partial charge in [0.05, 0.1) is 21.8 Å². The van der Waals surface area contributed by atoms with Gasteiger partial charge in [-0.3, -0.25) is 4.79 Å². The van der Waals surface area contributed by atoms with E-state index in [0.29, 0.717) is 16.4 Å². The molecule has 3 aromatic rings. The van der Waals surface area contributed by atoms with Gasteiger partial charge in [0.1, 0.15) is 11.5 Å². The Balaban J connectivity index is 2.76. The largest absolute Gasteiger partial charge is 0.507 e. The summed E-state index contributed by atoms with van der Waals surface area (Å²) >= 11 is 0. The SMILES string of the molecule is Cn1c2cccc(O)c2c(=O)c2cccc(O)c21. The fourth-order valence-corrected chi connectivity index (χ4v) is 2.36. The monoisotopic (exact) mass is 241 g/mol. The van der Waals surface area contributed by atoms with Gasteiger partial charge >= 0.3 is 0 Å². The second-order valence-corrected chi connectivity index (χ2v) is 4.23. The van der Waals surface area contributed by atoms with Crippen LogP contribution in [-0.2, 0) is 7.05 Å². The van der Waals surface area contributed by atoms with Crippen LogP contribution in [0, 0.1) is 0 Å². The number of hydrogen-bond acceptors (Lipinski definition) is 3. The number of phenolic OH excluding ortho intramolecular Hbond substituents is 2. The van der Waals surface area contributed by atoms with Crippen molar-refractivity contribution >= 4 is 21.8 Å². The molecule has 0 atom stereocenters. The van der Waals surface area contributed by atoms with Crippen LogP contribution in [0.2, 0.25) is 0 Å². The summed E-state index contributed by atoms with van der Waals surface area (Å²) in [5.74, 6) is 0.00989. The molecule has 3 rings (SSSR count). The molecule has 90 valence electrons. The highest BCUT2D eigenvalue weighted by Gasteiger charge is 2.13. The predicted molar refractivity (Wildman–Crippen MR) is 70.0 cm³/mol. The van der Waals surface area contributed by atoms with E-state index in [-0.39, 0.29) is 22.3 Å². The van der Waals surface area contributed by atoms with Crippen LogP contribution < -0.4 is 5.43 Å². The number of fused-ring (bicyclic) bond motifs is 2. The number of pyridine rings is 1. The summed E-state index contributed by atoms with van der Waals surface area (Å²) in [5, 5.41) is 20.4. The summed E-state index contributed by atoms with van der Waals surface area (Å²) in [7, 11) is 1.75. The lowest BCUT2D eigenvalue weighted by atomic mass is 10.1. The molecule has 18 heavy (non-hydrogen) atoms. The van der Waals surface area contributed by atoms with E-state index in [2.05, 4.69) is 0 Å². The van der Waals surface area contributed by atoms with Gasteiger partial charge in [0.2, 0.25) is 5.43 Å². The van der Waals surface area contributed by atoms with Gasteiger partial charge in [-0.25, -0.2) is 0 Å². The summed E-state index contributed by atoms with van der Waals surface area (Å²) < 4.78 is 1.71. The minimum atomic E-state index is -0.271. The third-order valence-electron chi connectivity index (χ3n) is 3.20. The van der Waals surface area contributed by atoms with Gasteiger partial charge in [-0.2, -0.15) is 0 Å². The van der Waals surface area contributed by atoms with Crippen molar-refractivity contribution in [1.82, 2.24) is 4.57 Å². The second-order valence-electron chi connectivity index (χ2n) is 4.23. The average molecular weight is 241 g/mol. The van der Waals surface area contributed by atoms with Gasteiger partial charge in [-0.1, -0.05) is 12.1 Å². The minimum Gasteiger partial charge on any atom is -0.507 e. The number of phenols is 2. The van der Waals surface area contributed by atoms with Crippen LogP contribution in [0.3, 0.4) is 0 Å². The number of benzene rings is 2. The van der Waals surface area contributed by atoms with Crippen molar-refractivity contribution in [2.45, 2.75) is 0 Å². The van der Waals surface area contributed by atoms with Crippen LogP contribution in [0.1, 0.15) is 0 Å². The molecule has 0 unspecified atom stereocenters. The first-order valence-corrected chi connectivity index (χ1v) is 5.53. The van der Waals surface area contributed by atoms with Gasteiger partial charge in [0.25, 0.3) is 0 Å². The molecule has 0 amide bonds. The van der Waals surface area contributed by atoms with Crippen molar-refractivity contribution < 1.29 is 10.2 Å². The molecule has 1 aromatic heterocycles. The van der Waals surface area contributed by atoms with E-state index in [1.54, 1.807) is 35.9 Å². The molecule has 4 nitrogen and oxygen atoms in total. The molecule has 0 saturated carbocycles. The van der Waals surface area contributed by atoms with E-state index >= 15 is 0 Å². The van der Waals surface area contributed by atoms with E-state index in [4.69, 9.17) is 0 Å². The number of hydrogen-bond donors (Lipinski definition) is 2. The first-order chi connectivity index (χ1) is 8.61. The molecule has 0 saturated heterocycles. The summed E-state index contributed by atoms with van der Waals surface area (Å²) in [5.41, 5.74) is 0.793. The molecule has 0 fully saturated rings. The Morgan fingerprint density at radius 3 is 2.44 bits per heavy atom. The van der Waals surface area contributed by atoms with E-state index in [1.165, 1.54) is 12.1 Å². The lowest BCUT2D eigenvalue weighted by Gasteiger charge is -2.11. The summed E-state index contributed by atoms with van der Waals surface area (Å²) in [6.07, 6.45) is 0. The Morgan fingerprint density at radius 2 is 1.67 bits per heavy atom. The zero-order valence-electron chi connectivity index (χ0n) is 9.71. The maximum atomic E-state index is 12.3. The predicted octanol–water partition coefficient (Wildman–Crippen LogP) is 2.10. The lowest BCUT2D eigenvalue weighted by molar-refractivity contribution is 0.477. The quantitative estimate of drug-likeness (QED) is 0.592. The number of rotatable bonds is 0. The molecule has 4 heteroatoms. The highest BCUT2D eigenvalue weighted by molar-refractivity contribution is 5.98. The summed E-state index contributed by atoms with van der Waals surface area (Å²) in [4.78, 5) is 12.3. The van der Waals surface area contributed by atoms with Gasteiger partial charge < -0.3 is 14.8 Å². The third-order valence-corrected chi connectivity index (χ3v) is 3.20. The van der Waals surface area contributed by atoms with E-state index in [9.17, 15) is 15.0 Å². The molecule has 0 spiro atoms.